The number of oxime groups is 1. The van der Waals surface area contributed by atoms with Crippen molar-refractivity contribution >= 4 is 31.6 Å². The number of likely N-dealkylation sites (tertiary alicyclic amines) is 1. The molecular weight excluding hydrogens is 479 g/mol. The summed E-state index contributed by atoms with van der Waals surface area (Å²) in [5.74, 6) is -0.156. The van der Waals surface area contributed by atoms with Gasteiger partial charge in [0.2, 0.25) is 0 Å². The van der Waals surface area contributed by atoms with Crippen molar-refractivity contribution in [3.8, 4) is 0 Å². The van der Waals surface area contributed by atoms with E-state index < -0.39 is 11.4 Å². The van der Waals surface area contributed by atoms with Crippen molar-refractivity contribution in [1.82, 2.24) is 4.90 Å². The van der Waals surface area contributed by atoms with E-state index in [1.54, 1.807) is 0 Å². The quantitative estimate of drug-likeness (QED) is 0.418. The molecule has 2 fully saturated rings. The van der Waals surface area contributed by atoms with E-state index in [4.69, 9.17) is 16.4 Å². The molecule has 0 aromatic heterocycles. The lowest BCUT2D eigenvalue weighted by molar-refractivity contribution is -0.150. The number of aliphatic carboxylic acids is 1. The Kier molecular flexibility index (Phi) is 7.48. The van der Waals surface area contributed by atoms with Crippen molar-refractivity contribution < 1.29 is 14.7 Å². The number of carboxylic acid groups (broad SMARTS) is 1. The number of piperidine rings is 1. The van der Waals surface area contributed by atoms with Crippen LogP contribution in [0, 0.1) is 5.41 Å². The fourth-order valence-corrected chi connectivity index (χ4v) is 6.94. The van der Waals surface area contributed by atoms with Crippen LogP contribution >= 0.6 is 20.2 Å². The van der Waals surface area contributed by atoms with Gasteiger partial charge in [-0.3, -0.25) is 9.69 Å². The molecule has 2 aromatic rings. The van der Waals surface area contributed by atoms with Crippen LogP contribution in [-0.4, -0.2) is 34.5 Å². The molecular formula is C28H34ClN2O3P. The second-order valence-electron chi connectivity index (χ2n) is 10.5. The van der Waals surface area contributed by atoms with E-state index in [0.29, 0.717) is 27.3 Å². The Hall–Kier alpha value is -1.94. The van der Waals surface area contributed by atoms with Crippen molar-refractivity contribution in [2.75, 3.05) is 13.1 Å². The standard InChI is InChI=1S/C28H34ClN2O3P/c1-28(27(32)33)13-15-31(16-14-28)18-19-7-9-21(10-8-19)25-30-34-26(35-25)22-11-12-23(24(29)17-22)20-5-3-2-4-6-20/h7-12,17,20,26,35H,2-6,13-16,18H2,1H3,(H,32,33). The highest BCUT2D eigenvalue weighted by Crippen LogP contribution is 2.46. The van der Waals surface area contributed by atoms with Crippen LogP contribution in [-0.2, 0) is 16.2 Å². The Labute approximate surface area is 214 Å². The van der Waals surface area contributed by atoms with Gasteiger partial charge in [-0.15, -0.1) is 0 Å². The first-order chi connectivity index (χ1) is 16.9. The van der Waals surface area contributed by atoms with Crippen LogP contribution in [0.4, 0.5) is 0 Å². The number of halogens is 1. The Morgan fingerprint density at radius 1 is 1.14 bits per heavy atom. The monoisotopic (exact) mass is 512 g/mol. The lowest BCUT2D eigenvalue weighted by Crippen LogP contribution is -2.42. The molecule has 2 aromatic carbocycles. The molecule has 2 unspecified atom stereocenters. The van der Waals surface area contributed by atoms with Gasteiger partial charge in [-0.25, -0.2) is 0 Å². The van der Waals surface area contributed by atoms with Crippen molar-refractivity contribution in [2.45, 2.75) is 70.2 Å². The minimum atomic E-state index is -0.678. The number of hydrogen-bond acceptors (Lipinski definition) is 4. The average Bonchev–Trinajstić information content (AvgIpc) is 3.37. The van der Waals surface area contributed by atoms with Crippen molar-refractivity contribution in [3.63, 3.8) is 0 Å². The molecule has 1 saturated carbocycles. The maximum Gasteiger partial charge on any atom is 0.309 e. The molecule has 5 rings (SSSR count). The van der Waals surface area contributed by atoms with E-state index >= 15 is 0 Å². The first-order valence-corrected chi connectivity index (χ1v) is 14.2. The van der Waals surface area contributed by atoms with Crippen LogP contribution in [0.3, 0.4) is 0 Å². The van der Waals surface area contributed by atoms with Gasteiger partial charge in [0.1, 0.15) is 5.45 Å². The Morgan fingerprint density at radius 3 is 2.51 bits per heavy atom. The first-order valence-electron chi connectivity index (χ1n) is 12.8. The van der Waals surface area contributed by atoms with E-state index in [-0.39, 0.29) is 5.85 Å². The molecule has 1 saturated heterocycles. The molecule has 2 atom stereocenters. The van der Waals surface area contributed by atoms with Crippen LogP contribution in [0.5, 0.6) is 0 Å². The summed E-state index contributed by atoms with van der Waals surface area (Å²) in [4.78, 5) is 19.6. The molecule has 35 heavy (non-hydrogen) atoms. The predicted octanol–water partition coefficient (Wildman–Crippen LogP) is 7.14. The highest BCUT2D eigenvalue weighted by molar-refractivity contribution is 7.59. The molecule has 0 radical (unpaired) electrons. The van der Waals surface area contributed by atoms with E-state index in [0.717, 1.165) is 41.2 Å². The van der Waals surface area contributed by atoms with Crippen LogP contribution in [0.2, 0.25) is 5.02 Å². The molecule has 0 amide bonds. The lowest BCUT2D eigenvalue weighted by atomic mass is 9.80. The SMILES string of the molecule is CC1(C(=O)O)CCN(Cc2ccc(C3=NOC(c4ccc(C5CCCCC5)c(Cl)c4)P3)cc2)CC1. The zero-order valence-corrected chi connectivity index (χ0v) is 22.1. The third kappa shape index (κ3) is 5.58. The maximum atomic E-state index is 11.5. The van der Waals surface area contributed by atoms with Gasteiger partial charge < -0.3 is 9.94 Å². The predicted molar refractivity (Wildman–Crippen MR) is 143 cm³/mol. The summed E-state index contributed by atoms with van der Waals surface area (Å²) < 4.78 is 0. The molecule has 5 nitrogen and oxygen atoms in total. The number of rotatable bonds is 6. The van der Waals surface area contributed by atoms with E-state index in [9.17, 15) is 9.90 Å². The minimum Gasteiger partial charge on any atom is -0.481 e. The van der Waals surface area contributed by atoms with Crippen molar-refractivity contribution in [1.29, 1.82) is 0 Å². The number of benzene rings is 2. The zero-order chi connectivity index (χ0) is 24.4. The fourth-order valence-electron chi connectivity index (χ4n) is 5.46. The summed E-state index contributed by atoms with van der Waals surface area (Å²) >= 11 is 6.70. The smallest absolute Gasteiger partial charge is 0.309 e. The summed E-state index contributed by atoms with van der Waals surface area (Å²) in [7, 11) is 0.441. The van der Waals surface area contributed by atoms with E-state index in [1.807, 2.05) is 6.92 Å². The summed E-state index contributed by atoms with van der Waals surface area (Å²) in [6.07, 6.45) is 7.81. The summed E-state index contributed by atoms with van der Waals surface area (Å²) in [5, 5.41) is 14.7. The second-order valence-corrected chi connectivity index (χ2v) is 12.2. The molecule has 1 aliphatic carbocycles. The largest absolute Gasteiger partial charge is 0.481 e. The number of carboxylic acids is 1. The summed E-state index contributed by atoms with van der Waals surface area (Å²) in [5.41, 5.74) is 5.12. The van der Waals surface area contributed by atoms with Gasteiger partial charge in [0.05, 0.1) is 5.41 Å². The van der Waals surface area contributed by atoms with Crippen LogP contribution in [0.15, 0.2) is 47.6 Å². The molecule has 0 spiro atoms. The minimum absolute atomic E-state index is 0.0699. The van der Waals surface area contributed by atoms with Gasteiger partial charge in [-0.05, 0) is 77.4 Å². The molecule has 186 valence electrons. The highest BCUT2D eigenvalue weighted by Gasteiger charge is 2.36. The van der Waals surface area contributed by atoms with Gasteiger partial charge in [-0.1, -0.05) is 72.4 Å². The van der Waals surface area contributed by atoms with Crippen LogP contribution in [0.25, 0.3) is 0 Å². The van der Waals surface area contributed by atoms with Crippen LogP contribution in [0.1, 0.15) is 85.9 Å². The van der Waals surface area contributed by atoms with Gasteiger partial charge in [-0.2, -0.15) is 0 Å². The Bertz CT molecular complexity index is 1090. The van der Waals surface area contributed by atoms with Gasteiger partial charge in [0.25, 0.3) is 0 Å². The zero-order valence-electron chi connectivity index (χ0n) is 20.3. The van der Waals surface area contributed by atoms with Gasteiger partial charge >= 0.3 is 5.97 Å². The summed E-state index contributed by atoms with van der Waals surface area (Å²) in [6, 6.07) is 15.0. The summed E-state index contributed by atoms with van der Waals surface area (Å²) in [6.45, 7) is 4.33. The van der Waals surface area contributed by atoms with E-state index in [2.05, 4.69) is 52.5 Å². The lowest BCUT2D eigenvalue weighted by Gasteiger charge is -2.36. The van der Waals surface area contributed by atoms with Crippen LogP contribution < -0.4 is 0 Å². The second kappa shape index (κ2) is 10.6. The third-order valence-electron chi connectivity index (χ3n) is 8.00. The number of nitrogens with zero attached hydrogens (tertiary/aromatic N) is 2. The van der Waals surface area contributed by atoms with Gasteiger partial charge in [0.15, 0.2) is 5.85 Å². The van der Waals surface area contributed by atoms with Gasteiger partial charge in [0, 0.05) is 22.7 Å². The normalized spacial score (nSPS) is 23.7. The fraction of sp³-hybridized carbons (Fsp3) is 0.500. The van der Waals surface area contributed by atoms with Crippen molar-refractivity contribution in [3.05, 3.63) is 69.7 Å². The highest BCUT2D eigenvalue weighted by atomic mass is 35.5. The Balaban J connectivity index is 1.16. The molecule has 2 aliphatic heterocycles. The van der Waals surface area contributed by atoms with E-state index in [1.165, 1.54) is 43.2 Å². The molecule has 7 heteroatoms. The topological polar surface area (TPSA) is 62.1 Å². The first kappa shape index (κ1) is 24.7. The van der Waals surface area contributed by atoms with Crippen molar-refractivity contribution in [2.24, 2.45) is 10.6 Å². The maximum absolute atomic E-state index is 11.5. The Morgan fingerprint density at radius 2 is 1.86 bits per heavy atom. The molecule has 3 aliphatic rings. The number of carbonyl (C=O) groups is 1. The average molecular weight is 513 g/mol. The molecule has 0 bridgehead atoms. The number of hydrogen-bond donors (Lipinski definition) is 1. The molecule has 2 heterocycles. The molecule has 1 N–H and O–H groups in total. The third-order valence-corrected chi connectivity index (χ3v) is 9.68.